The van der Waals surface area contributed by atoms with Crippen molar-refractivity contribution in [1.29, 1.82) is 0 Å². The van der Waals surface area contributed by atoms with Crippen molar-refractivity contribution in [1.82, 2.24) is 14.9 Å². The summed E-state index contributed by atoms with van der Waals surface area (Å²) in [6, 6.07) is 12.0. The van der Waals surface area contributed by atoms with Crippen LogP contribution in [0.25, 0.3) is 11.1 Å². The van der Waals surface area contributed by atoms with Crippen molar-refractivity contribution in [2.45, 2.75) is 5.54 Å². The van der Waals surface area contributed by atoms with E-state index in [0.29, 0.717) is 13.2 Å². The largest absolute Gasteiger partial charge is 0.462 e. The summed E-state index contributed by atoms with van der Waals surface area (Å²) in [6.07, 6.45) is 5.07. The van der Waals surface area contributed by atoms with Crippen LogP contribution in [0.3, 0.4) is 0 Å². The summed E-state index contributed by atoms with van der Waals surface area (Å²) < 4.78 is 11.9. The van der Waals surface area contributed by atoms with E-state index in [-0.39, 0.29) is 6.02 Å². The molecule has 0 amide bonds. The van der Waals surface area contributed by atoms with Crippen LogP contribution in [-0.2, 0) is 10.3 Å². The van der Waals surface area contributed by atoms with Gasteiger partial charge in [0.05, 0.1) is 6.54 Å². The maximum absolute atomic E-state index is 6.23. The molecule has 0 saturated carbocycles. The highest BCUT2D eigenvalue weighted by atomic mass is 16.5. The SMILES string of the molecule is CN(C)CC#Cc1ccc2c(c1)C1(COC(N)=N1)c1cc(-c3cncnc3)ccc1O2. The molecule has 7 nitrogen and oxygen atoms in total. The summed E-state index contributed by atoms with van der Waals surface area (Å²) in [5, 5.41) is 0. The van der Waals surface area contributed by atoms with Crippen LogP contribution in [-0.4, -0.2) is 48.1 Å². The minimum atomic E-state index is -0.794. The van der Waals surface area contributed by atoms with Crippen molar-refractivity contribution in [3.05, 3.63) is 71.8 Å². The standard InChI is InChI=1S/C24H21N5O2/c1-29(2)9-3-4-16-5-7-21-19(10-16)24(14-30-23(25)28-24)20-11-17(6-8-22(20)31-21)18-12-26-15-27-13-18/h5-8,10-13,15H,9,14H2,1-2H3,(H2,25,28). The zero-order chi connectivity index (χ0) is 21.4. The highest BCUT2D eigenvalue weighted by molar-refractivity contribution is 5.78. The second-order valence-electron chi connectivity index (χ2n) is 7.79. The first kappa shape index (κ1) is 19.1. The van der Waals surface area contributed by atoms with Gasteiger partial charge in [0.25, 0.3) is 6.02 Å². The third-order valence-electron chi connectivity index (χ3n) is 5.32. The first-order valence-electron chi connectivity index (χ1n) is 9.89. The first-order chi connectivity index (χ1) is 15.0. The molecule has 0 saturated heterocycles. The maximum Gasteiger partial charge on any atom is 0.283 e. The van der Waals surface area contributed by atoms with Crippen molar-refractivity contribution in [2.24, 2.45) is 10.7 Å². The third kappa shape index (κ3) is 3.37. The number of aromatic nitrogens is 2. The molecule has 2 N–H and O–H groups in total. The number of benzene rings is 2. The molecular weight excluding hydrogens is 390 g/mol. The van der Waals surface area contributed by atoms with Crippen LogP contribution >= 0.6 is 0 Å². The molecule has 0 bridgehead atoms. The maximum atomic E-state index is 6.23. The number of rotatable bonds is 2. The van der Waals surface area contributed by atoms with Crippen LogP contribution < -0.4 is 10.5 Å². The number of ether oxygens (including phenoxy) is 2. The Labute approximate surface area is 180 Å². The fraction of sp³-hybridized carbons (Fsp3) is 0.208. The zero-order valence-corrected chi connectivity index (χ0v) is 17.3. The minimum absolute atomic E-state index is 0.163. The molecule has 7 heteroatoms. The Bertz CT molecular complexity index is 1240. The van der Waals surface area contributed by atoms with E-state index in [4.69, 9.17) is 20.2 Å². The Morgan fingerprint density at radius 3 is 2.48 bits per heavy atom. The van der Waals surface area contributed by atoms with E-state index < -0.39 is 5.54 Å². The Hall–Kier alpha value is -3.89. The number of hydrogen-bond donors (Lipinski definition) is 1. The second-order valence-corrected chi connectivity index (χ2v) is 7.79. The van der Waals surface area contributed by atoms with Crippen LogP contribution in [0.1, 0.15) is 16.7 Å². The van der Waals surface area contributed by atoms with Gasteiger partial charge < -0.3 is 15.2 Å². The smallest absolute Gasteiger partial charge is 0.283 e. The summed E-state index contributed by atoms with van der Waals surface area (Å²) in [7, 11) is 3.98. The second kappa shape index (κ2) is 7.42. The number of amidine groups is 1. The van der Waals surface area contributed by atoms with E-state index in [0.717, 1.165) is 39.3 Å². The molecular formula is C24H21N5O2. The number of hydrogen-bond acceptors (Lipinski definition) is 7. The average Bonchev–Trinajstić information content (AvgIpc) is 3.17. The summed E-state index contributed by atoms with van der Waals surface area (Å²) in [6.45, 7) is 0.976. The van der Waals surface area contributed by atoms with Crippen molar-refractivity contribution < 1.29 is 9.47 Å². The monoisotopic (exact) mass is 411 g/mol. The highest BCUT2D eigenvalue weighted by Crippen LogP contribution is 2.51. The van der Waals surface area contributed by atoms with Crippen LogP contribution in [0.5, 0.6) is 11.5 Å². The molecule has 2 aromatic carbocycles. The molecule has 154 valence electrons. The molecule has 2 aliphatic rings. The molecule has 1 atom stereocenters. The third-order valence-corrected chi connectivity index (χ3v) is 5.32. The molecule has 3 heterocycles. The summed E-state index contributed by atoms with van der Waals surface area (Å²) in [5.41, 5.74) is 9.73. The van der Waals surface area contributed by atoms with Crippen molar-refractivity contribution in [3.63, 3.8) is 0 Å². The lowest BCUT2D eigenvalue weighted by atomic mass is 9.80. The Morgan fingerprint density at radius 2 is 1.77 bits per heavy atom. The van der Waals surface area contributed by atoms with E-state index >= 15 is 0 Å². The van der Waals surface area contributed by atoms with Gasteiger partial charge in [-0.3, -0.25) is 4.90 Å². The predicted octanol–water partition coefficient (Wildman–Crippen LogP) is 2.75. The molecule has 0 radical (unpaired) electrons. The Kier molecular flexibility index (Phi) is 4.57. The fourth-order valence-electron chi connectivity index (χ4n) is 3.86. The molecule has 1 spiro atoms. The predicted molar refractivity (Wildman–Crippen MR) is 118 cm³/mol. The normalized spacial score (nSPS) is 18.4. The van der Waals surface area contributed by atoms with Crippen molar-refractivity contribution in [2.75, 3.05) is 27.2 Å². The molecule has 31 heavy (non-hydrogen) atoms. The molecule has 0 aliphatic carbocycles. The minimum Gasteiger partial charge on any atom is -0.462 e. The number of nitrogens with zero attached hydrogens (tertiary/aromatic N) is 4. The van der Waals surface area contributed by atoms with Gasteiger partial charge in [0.2, 0.25) is 0 Å². The lowest BCUT2D eigenvalue weighted by molar-refractivity contribution is 0.264. The van der Waals surface area contributed by atoms with Gasteiger partial charge in [-0.1, -0.05) is 17.9 Å². The van der Waals surface area contributed by atoms with Crippen LogP contribution in [0.2, 0.25) is 0 Å². The molecule has 1 aromatic heterocycles. The van der Waals surface area contributed by atoms with Gasteiger partial charge in [-0.25, -0.2) is 15.0 Å². The summed E-state index contributed by atoms with van der Waals surface area (Å²) in [5.74, 6) is 7.84. The lowest BCUT2D eigenvalue weighted by Gasteiger charge is -2.33. The van der Waals surface area contributed by atoms with Gasteiger partial charge in [-0.05, 0) is 50.0 Å². The molecule has 5 rings (SSSR count). The van der Waals surface area contributed by atoms with E-state index in [2.05, 4.69) is 21.8 Å². The van der Waals surface area contributed by atoms with Gasteiger partial charge in [0.15, 0.2) is 5.54 Å². The van der Waals surface area contributed by atoms with Crippen LogP contribution in [0, 0.1) is 11.8 Å². The number of nitrogens with two attached hydrogens (primary N) is 1. The Morgan fingerprint density at radius 1 is 1.03 bits per heavy atom. The van der Waals surface area contributed by atoms with E-state index in [1.165, 1.54) is 6.33 Å². The zero-order valence-electron chi connectivity index (χ0n) is 17.3. The Balaban J connectivity index is 1.65. The summed E-state index contributed by atoms with van der Waals surface area (Å²) >= 11 is 0. The number of aliphatic imine (C=N–C) groups is 1. The highest BCUT2D eigenvalue weighted by Gasteiger charge is 2.47. The molecule has 1 unspecified atom stereocenters. The van der Waals surface area contributed by atoms with Gasteiger partial charge in [0.1, 0.15) is 24.4 Å². The lowest BCUT2D eigenvalue weighted by Crippen LogP contribution is -2.31. The van der Waals surface area contributed by atoms with Crippen molar-refractivity contribution >= 4 is 6.02 Å². The molecule has 2 aliphatic heterocycles. The number of fused-ring (bicyclic) bond motifs is 4. The van der Waals surface area contributed by atoms with E-state index in [9.17, 15) is 0 Å². The fourth-order valence-corrected chi connectivity index (χ4v) is 3.86. The van der Waals surface area contributed by atoms with Crippen molar-refractivity contribution in [3.8, 4) is 34.5 Å². The van der Waals surface area contributed by atoms with Gasteiger partial charge >= 0.3 is 0 Å². The average molecular weight is 411 g/mol. The molecule has 0 fully saturated rings. The summed E-state index contributed by atoms with van der Waals surface area (Å²) in [4.78, 5) is 15.0. The van der Waals surface area contributed by atoms with Gasteiger partial charge in [-0.2, -0.15) is 0 Å². The van der Waals surface area contributed by atoms with Crippen LogP contribution in [0.4, 0.5) is 0 Å². The first-order valence-corrected chi connectivity index (χ1v) is 9.89. The van der Waals surface area contributed by atoms with Gasteiger partial charge in [0, 0.05) is 34.6 Å². The topological polar surface area (TPSA) is 85.9 Å². The van der Waals surface area contributed by atoms with E-state index in [1.807, 2.05) is 55.4 Å². The van der Waals surface area contributed by atoms with E-state index in [1.54, 1.807) is 12.4 Å². The quantitative estimate of drug-likeness (QED) is 0.653. The van der Waals surface area contributed by atoms with Gasteiger partial charge in [-0.15, -0.1) is 0 Å². The molecule has 3 aromatic rings. The van der Waals surface area contributed by atoms with Crippen LogP contribution in [0.15, 0.2) is 60.1 Å².